The molecular weight excluding hydrogens is 250 g/mol. The summed E-state index contributed by atoms with van der Waals surface area (Å²) in [5.41, 5.74) is 0. The smallest absolute Gasteiger partial charge is 0.0664 e. The van der Waals surface area contributed by atoms with Crippen LogP contribution >= 0.6 is 0 Å². The summed E-state index contributed by atoms with van der Waals surface area (Å²) in [7, 11) is 2.32. The zero-order chi connectivity index (χ0) is 14.1. The fourth-order valence-corrected chi connectivity index (χ4v) is 4.42. The Kier molecular flexibility index (Phi) is 4.65. The number of aliphatic hydroxyl groups excluding tert-OH is 1. The summed E-state index contributed by atoms with van der Waals surface area (Å²) in [5.74, 6) is 0. The molecule has 4 atom stereocenters. The van der Waals surface area contributed by atoms with Crippen molar-refractivity contribution in [1.29, 1.82) is 0 Å². The third kappa shape index (κ3) is 3.03. The molecule has 4 nitrogen and oxygen atoms in total. The molecule has 3 saturated heterocycles. The fourth-order valence-electron chi connectivity index (χ4n) is 4.42. The predicted molar refractivity (Wildman–Crippen MR) is 81.9 cm³/mol. The summed E-state index contributed by atoms with van der Waals surface area (Å²) in [5, 5.41) is 9.77. The van der Waals surface area contributed by atoms with Crippen LogP contribution < -0.4 is 0 Å². The van der Waals surface area contributed by atoms with Crippen molar-refractivity contribution in [2.24, 2.45) is 0 Å². The highest BCUT2D eigenvalue weighted by Crippen LogP contribution is 2.36. The Hall–Kier alpha value is -0.160. The highest BCUT2D eigenvalue weighted by Gasteiger charge is 2.40. The molecule has 116 valence electrons. The van der Waals surface area contributed by atoms with Crippen LogP contribution in [0.4, 0.5) is 0 Å². The standard InChI is InChI=1S/C16H31N3O/c1-3-16(20)12-18-6-8-19(9-7-18)15-10-13-4-5-14(11-15)17(13)2/h13-16,20H,3-12H2,1-2H3/t13-,14+,15?,16-/m1/s1. The first-order valence-electron chi connectivity index (χ1n) is 8.53. The number of hydrogen-bond donors (Lipinski definition) is 1. The Morgan fingerprint density at radius 3 is 2.15 bits per heavy atom. The average Bonchev–Trinajstić information content (AvgIpc) is 2.68. The molecule has 4 heteroatoms. The third-order valence-electron chi connectivity index (χ3n) is 5.94. The monoisotopic (exact) mass is 281 g/mol. The third-order valence-corrected chi connectivity index (χ3v) is 5.94. The van der Waals surface area contributed by atoms with E-state index in [2.05, 4.69) is 28.7 Å². The van der Waals surface area contributed by atoms with Crippen LogP contribution in [0.3, 0.4) is 0 Å². The van der Waals surface area contributed by atoms with E-state index in [4.69, 9.17) is 0 Å². The molecule has 0 aromatic heterocycles. The summed E-state index contributed by atoms with van der Waals surface area (Å²) in [6, 6.07) is 2.51. The number of β-amino-alcohol motifs (C(OH)–C–C–N with tert-alkyl or cyclic N) is 1. The van der Waals surface area contributed by atoms with Crippen LogP contribution in [0.2, 0.25) is 0 Å². The second-order valence-corrected chi connectivity index (χ2v) is 7.07. The van der Waals surface area contributed by atoms with Crippen LogP contribution in [0, 0.1) is 0 Å². The molecule has 1 N–H and O–H groups in total. The molecule has 0 saturated carbocycles. The lowest BCUT2D eigenvalue weighted by Crippen LogP contribution is -2.55. The van der Waals surface area contributed by atoms with Crippen molar-refractivity contribution < 1.29 is 5.11 Å². The summed E-state index contributed by atoms with van der Waals surface area (Å²) >= 11 is 0. The van der Waals surface area contributed by atoms with Gasteiger partial charge in [-0.25, -0.2) is 0 Å². The summed E-state index contributed by atoms with van der Waals surface area (Å²) in [6.07, 6.45) is 6.33. The molecule has 0 aromatic carbocycles. The Labute approximate surface area is 123 Å². The minimum Gasteiger partial charge on any atom is -0.392 e. The molecule has 3 heterocycles. The van der Waals surface area contributed by atoms with E-state index in [1.165, 1.54) is 38.8 Å². The summed E-state index contributed by atoms with van der Waals surface area (Å²) in [4.78, 5) is 7.80. The van der Waals surface area contributed by atoms with Crippen molar-refractivity contribution in [2.45, 2.75) is 63.3 Å². The first kappa shape index (κ1) is 14.8. The quantitative estimate of drug-likeness (QED) is 0.833. The minimum atomic E-state index is -0.138. The van der Waals surface area contributed by atoms with Gasteiger partial charge in [0.1, 0.15) is 0 Å². The fraction of sp³-hybridized carbons (Fsp3) is 1.00. The number of aliphatic hydroxyl groups is 1. The molecule has 0 amide bonds. The molecule has 20 heavy (non-hydrogen) atoms. The van der Waals surface area contributed by atoms with Crippen molar-refractivity contribution in [2.75, 3.05) is 39.8 Å². The van der Waals surface area contributed by atoms with Gasteiger partial charge >= 0.3 is 0 Å². The van der Waals surface area contributed by atoms with E-state index in [-0.39, 0.29) is 6.10 Å². The second kappa shape index (κ2) is 6.30. The van der Waals surface area contributed by atoms with Crippen molar-refractivity contribution in [3.05, 3.63) is 0 Å². The van der Waals surface area contributed by atoms with Crippen LogP contribution in [0.15, 0.2) is 0 Å². The molecule has 0 aliphatic carbocycles. The van der Waals surface area contributed by atoms with E-state index in [0.717, 1.165) is 44.2 Å². The maximum absolute atomic E-state index is 9.77. The second-order valence-electron chi connectivity index (χ2n) is 7.07. The molecule has 1 unspecified atom stereocenters. The number of fused-ring (bicyclic) bond motifs is 2. The highest BCUT2D eigenvalue weighted by molar-refractivity contribution is 4.97. The maximum atomic E-state index is 9.77. The number of piperazine rings is 1. The van der Waals surface area contributed by atoms with E-state index >= 15 is 0 Å². The van der Waals surface area contributed by atoms with Gasteiger partial charge < -0.3 is 10.0 Å². The van der Waals surface area contributed by atoms with Crippen molar-refractivity contribution in [1.82, 2.24) is 14.7 Å². The van der Waals surface area contributed by atoms with Gasteiger partial charge in [0, 0.05) is 50.8 Å². The lowest BCUT2D eigenvalue weighted by Gasteiger charge is -2.45. The Bertz CT molecular complexity index is 303. The molecule has 2 bridgehead atoms. The zero-order valence-corrected chi connectivity index (χ0v) is 13.2. The molecule has 3 aliphatic heterocycles. The van der Waals surface area contributed by atoms with Gasteiger partial charge in [0.25, 0.3) is 0 Å². The van der Waals surface area contributed by atoms with E-state index in [1.807, 2.05) is 0 Å². The Morgan fingerprint density at radius 2 is 1.60 bits per heavy atom. The van der Waals surface area contributed by atoms with Crippen LogP contribution in [0.1, 0.15) is 39.0 Å². The van der Waals surface area contributed by atoms with Crippen LogP contribution in [-0.2, 0) is 0 Å². The number of nitrogens with zero attached hydrogens (tertiary/aromatic N) is 3. The summed E-state index contributed by atoms with van der Waals surface area (Å²) in [6.45, 7) is 7.60. The van der Waals surface area contributed by atoms with Crippen molar-refractivity contribution in [3.8, 4) is 0 Å². The number of rotatable bonds is 4. The first-order chi connectivity index (χ1) is 9.67. The van der Waals surface area contributed by atoms with Gasteiger partial charge in [0.05, 0.1) is 6.10 Å². The van der Waals surface area contributed by atoms with Crippen molar-refractivity contribution in [3.63, 3.8) is 0 Å². The molecule has 0 radical (unpaired) electrons. The molecular formula is C16H31N3O. The van der Waals surface area contributed by atoms with E-state index < -0.39 is 0 Å². The van der Waals surface area contributed by atoms with Gasteiger partial charge in [0.2, 0.25) is 0 Å². The van der Waals surface area contributed by atoms with Crippen LogP contribution in [0.5, 0.6) is 0 Å². The first-order valence-corrected chi connectivity index (χ1v) is 8.53. The predicted octanol–water partition coefficient (Wildman–Crippen LogP) is 1.00. The van der Waals surface area contributed by atoms with Crippen LogP contribution in [-0.4, -0.2) is 83.8 Å². The maximum Gasteiger partial charge on any atom is 0.0664 e. The largest absolute Gasteiger partial charge is 0.392 e. The number of hydrogen-bond acceptors (Lipinski definition) is 4. The lowest BCUT2D eigenvalue weighted by molar-refractivity contribution is 0.0246. The molecule has 0 aromatic rings. The topological polar surface area (TPSA) is 30.0 Å². The van der Waals surface area contributed by atoms with Gasteiger partial charge in [-0.1, -0.05) is 6.92 Å². The summed E-state index contributed by atoms with van der Waals surface area (Å²) < 4.78 is 0. The van der Waals surface area contributed by atoms with E-state index in [1.54, 1.807) is 0 Å². The highest BCUT2D eigenvalue weighted by atomic mass is 16.3. The zero-order valence-electron chi connectivity index (χ0n) is 13.2. The molecule has 3 fully saturated rings. The van der Waals surface area contributed by atoms with Gasteiger partial charge in [-0.2, -0.15) is 0 Å². The molecule has 0 spiro atoms. The minimum absolute atomic E-state index is 0.138. The SMILES string of the molecule is CC[C@@H](O)CN1CCN(C2C[C@H]3CC[C@@H](C2)N3C)CC1. The van der Waals surface area contributed by atoms with Gasteiger partial charge in [0.15, 0.2) is 0 Å². The van der Waals surface area contributed by atoms with Gasteiger partial charge in [-0.05, 0) is 39.2 Å². The van der Waals surface area contributed by atoms with Gasteiger partial charge in [-0.3, -0.25) is 9.80 Å². The van der Waals surface area contributed by atoms with E-state index in [0.29, 0.717) is 0 Å². The van der Waals surface area contributed by atoms with Crippen LogP contribution in [0.25, 0.3) is 0 Å². The van der Waals surface area contributed by atoms with Gasteiger partial charge in [-0.15, -0.1) is 0 Å². The Balaban J connectivity index is 1.47. The normalized spacial score (nSPS) is 38.2. The Morgan fingerprint density at radius 1 is 1.00 bits per heavy atom. The average molecular weight is 281 g/mol. The van der Waals surface area contributed by atoms with Crippen molar-refractivity contribution >= 4 is 0 Å². The van der Waals surface area contributed by atoms with E-state index in [9.17, 15) is 5.11 Å². The number of piperidine rings is 1. The molecule has 3 rings (SSSR count). The lowest BCUT2D eigenvalue weighted by atomic mass is 9.96. The molecule has 3 aliphatic rings.